The molecular weight excluding hydrogens is 244 g/mol. The number of carbonyl (C=O) groups is 1. The van der Waals surface area contributed by atoms with E-state index in [1.165, 1.54) is 0 Å². The highest BCUT2D eigenvalue weighted by molar-refractivity contribution is 7.89. The average Bonchev–Trinajstić information content (AvgIpc) is 2.23. The molecule has 7 heteroatoms. The number of nitrogens with two attached hydrogens (primary N) is 1. The van der Waals surface area contributed by atoms with Crippen LogP contribution in [0.4, 0.5) is 0 Å². The highest BCUT2D eigenvalue weighted by atomic mass is 32.2. The van der Waals surface area contributed by atoms with Crippen molar-refractivity contribution in [2.24, 2.45) is 5.14 Å². The van der Waals surface area contributed by atoms with E-state index >= 15 is 0 Å². The summed E-state index contributed by atoms with van der Waals surface area (Å²) < 4.78 is 26.4. The third-order valence-electron chi connectivity index (χ3n) is 2.22. The number of carbonyl (C=O) groups excluding carboxylic acids is 1. The normalized spacial score (nSPS) is 11.8. The van der Waals surface area contributed by atoms with E-state index in [1.54, 1.807) is 11.9 Å². The van der Waals surface area contributed by atoms with Crippen LogP contribution < -0.4 is 5.14 Å². The molecular formula is C10H22N2O4S. The molecule has 0 rings (SSSR count). The van der Waals surface area contributed by atoms with E-state index in [0.717, 1.165) is 12.8 Å². The lowest BCUT2D eigenvalue weighted by molar-refractivity contribution is -0.144. The van der Waals surface area contributed by atoms with Crippen molar-refractivity contribution in [2.75, 3.05) is 32.5 Å². The zero-order valence-electron chi connectivity index (χ0n) is 10.5. The third-order valence-corrected chi connectivity index (χ3v) is 2.97. The van der Waals surface area contributed by atoms with Crippen LogP contribution in [0.25, 0.3) is 0 Å². The fraction of sp³-hybridized carbons (Fsp3) is 0.900. The number of esters is 1. The molecule has 0 aromatic carbocycles. The van der Waals surface area contributed by atoms with Crippen molar-refractivity contribution in [2.45, 2.75) is 26.2 Å². The number of unbranched alkanes of at least 4 members (excludes halogenated alkanes) is 1. The standard InChI is InChI=1S/C10H22N2O4S/c1-3-4-8-16-10(13)5-6-12(2)7-9-17(11,14)15/h3-9H2,1-2H3,(H2,11,14,15). The Kier molecular flexibility index (Phi) is 8.11. The van der Waals surface area contributed by atoms with Crippen molar-refractivity contribution >= 4 is 16.0 Å². The number of ether oxygens (including phenoxy) is 1. The third kappa shape index (κ3) is 11.6. The molecule has 0 aliphatic heterocycles. The molecule has 0 atom stereocenters. The number of primary sulfonamides is 1. The van der Waals surface area contributed by atoms with Gasteiger partial charge in [-0.3, -0.25) is 4.79 Å². The molecule has 0 aromatic heterocycles. The van der Waals surface area contributed by atoms with E-state index in [0.29, 0.717) is 19.7 Å². The largest absolute Gasteiger partial charge is 0.466 e. The zero-order chi connectivity index (χ0) is 13.3. The summed E-state index contributed by atoms with van der Waals surface area (Å²) in [4.78, 5) is 13.0. The van der Waals surface area contributed by atoms with Gasteiger partial charge in [0.1, 0.15) is 0 Å². The quantitative estimate of drug-likeness (QED) is 0.466. The van der Waals surface area contributed by atoms with Crippen LogP contribution in [0.15, 0.2) is 0 Å². The lowest BCUT2D eigenvalue weighted by Crippen LogP contribution is -2.30. The van der Waals surface area contributed by atoms with Crippen molar-refractivity contribution in [3.63, 3.8) is 0 Å². The summed E-state index contributed by atoms with van der Waals surface area (Å²) in [6.45, 7) is 3.27. The summed E-state index contributed by atoms with van der Waals surface area (Å²) >= 11 is 0. The molecule has 0 amide bonds. The van der Waals surface area contributed by atoms with Gasteiger partial charge in [0.25, 0.3) is 0 Å². The summed E-state index contributed by atoms with van der Waals surface area (Å²) in [5.41, 5.74) is 0. The Hall–Kier alpha value is -0.660. The second-order valence-electron chi connectivity index (χ2n) is 3.99. The Morgan fingerprint density at radius 1 is 1.35 bits per heavy atom. The van der Waals surface area contributed by atoms with E-state index in [-0.39, 0.29) is 18.1 Å². The first-order valence-corrected chi connectivity index (χ1v) is 7.41. The number of hydrogen-bond donors (Lipinski definition) is 1. The molecule has 0 saturated heterocycles. The summed E-state index contributed by atoms with van der Waals surface area (Å²) in [5, 5.41) is 4.87. The number of nitrogens with zero attached hydrogens (tertiary/aromatic N) is 1. The van der Waals surface area contributed by atoms with Gasteiger partial charge in [-0.25, -0.2) is 13.6 Å². The minimum atomic E-state index is -3.43. The molecule has 0 radical (unpaired) electrons. The molecule has 17 heavy (non-hydrogen) atoms. The van der Waals surface area contributed by atoms with Crippen molar-refractivity contribution in [1.29, 1.82) is 0 Å². The number of sulfonamides is 1. The van der Waals surface area contributed by atoms with Crippen LogP contribution in [0.5, 0.6) is 0 Å². The minimum absolute atomic E-state index is 0.103. The number of hydrogen-bond acceptors (Lipinski definition) is 5. The van der Waals surface area contributed by atoms with Gasteiger partial charge in [-0.2, -0.15) is 0 Å². The molecule has 0 heterocycles. The van der Waals surface area contributed by atoms with Crippen LogP contribution in [-0.4, -0.2) is 51.8 Å². The van der Waals surface area contributed by atoms with Gasteiger partial charge in [-0.1, -0.05) is 13.3 Å². The smallest absolute Gasteiger partial charge is 0.307 e. The fourth-order valence-corrected chi connectivity index (χ4v) is 1.65. The van der Waals surface area contributed by atoms with E-state index in [9.17, 15) is 13.2 Å². The summed E-state index contributed by atoms with van der Waals surface area (Å²) in [6.07, 6.45) is 2.12. The molecule has 2 N–H and O–H groups in total. The molecule has 0 aromatic rings. The highest BCUT2D eigenvalue weighted by Crippen LogP contribution is 1.94. The average molecular weight is 266 g/mol. The van der Waals surface area contributed by atoms with Crippen LogP contribution in [0.2, 0.25) is 0 Å². The van der Waals surface area contributed by atoms with Crippen molar-refractivity contribution in [1.82, 2.24) is 4.90 Å². The van der Waals surface area contributed by atoms with E-state index in [4.69, 9.17) is 9.88 Å². The molecule has 0 spiro atoms. The summed E-state index contributed by atoms with van der Waals surface area (Å²) in [6, 6.07) is 0. The first-order valence-electron chi connectivity index (χ1n) is 5.69. The van der Waals surface area contributed by atoms with E-state index in [2.05, 4.69) is 0 Å². The predicted octanol–water partition coefficient (Wildman–Crippen LogP) is -0.0599. The fourth-order valence-electron chi connectivity index (χ4n) is 1.08. The van der Waals surface area contributed by atoms with Crippen molar-refractivity contribution in [3.05, 3.63) is 0 Å². The van der Waals surface area contributed by atoms with Gasteiger partial charge < -0.3 is 9.64 Å². The topological polar surface area (TPSA) is 89.7 Å². The Bertz CT molecular complexity index is 316. The molecule has 0 aliphatic carbocycles. The van der Waals surface area contributed by atoms with Gasteiger partial charge in [0.15, 0.2) is 0 Å². The maximum absolute atomic E-state index is 11.2. The van der Waals surface area contributed by atoms with Gasteiger partial charge in [-0.15, -0.1) is 0 Å². The lowest BCUT2D eigenvalue weighted by Gasteiger charge is -2.15. The van der Waals surface area contributed by atoms with Gasteiger partial charge in [0, 0.05) is 13.1 Å². The van der Waals surface area contributed by atoms with Crippen molar-refractivity contribution in [3.8, 4) is 0 Å². The first-order chi connectivity index (χ1) is 7.85. The zero-order valence-corrected chi connectivity index (χ0v) is 11.3. The maximum atomic E-state index is 11.2. The Morgan fingerprint density at radius 3 is 2.53 bits per heavy atom. The lowest BCUT2D eigenvalue weighted by atomic mass is 10.3. The number of rotatable bonds is 9. The summed E-state index contributed by atoms with van der Waals surface area (Å²) in [5.74, 6) is -0.352. The van der Waals surface area contributed by atoms with Crippen LogP contribution in [0.3, 0.4) is 0 Å². The van der Waals surface area contributed by atoms with Crippen LogP contribution >= 0.6 is 0 Å². The molecule has 0 unspecified atom stereocenters. The molecule has 0 aliphatic rings. The Morgan fingerprint density at radius 2 is 2.00 bits per heavy atom. The van der Waals surface area contributed by atoms with Crippen LogP contribution in [-0.2, 0) is 19.6 Å². The van der Waals surface area contributed by atoms with E-state index < -0.39 is 10.0 Å². The van der Waals surface area contributed by atoms with Gasteiger partial charge in [0.05, 0.1) is 18.8 Å². The predicted molar refractivity (Wildman–Crippen MR) is 66.0 cm³/mol. The molecule has 0 fully saturated rings. The molecule has 0 bridgehead atoms. The van der Waals surface area contributed by atoms with Crippen LogP contribution in [0, 0.1) is 0 Å². The molecule has 0 saturated carbocycles. The highest BCUT2D eigenvalue weighted by Gasteiger charge is 2.08. The molecule has 6 nitrogen and oxygen atoms in total. The molecule has 102 valence electrons. The van der Waals surface area contributed by atoms with E-state index in [1.807, 2.05) is 6.92 Å². The SMILES string of the molecule is CCCCOC(=O)CCN(C)CCS(N)(=O)=O. The maximum Gasteiger partial charge on any atom is 0.307 e. The van der Waals surface area contributed by atoms with Crippen molar-refractivity contribution < 1.29 is 17.9 Å². The first kappa shape index (κ1) is 16.3. The van der Waals surface area contributed by atoms with Gasteiger partial charge in [0.2, 0.25) is 10.0 Å². The minimum Gasteiger partial charge on any atom is -0.466 e. The summed E-state index contributed by atoms with van der Waals surface area (Å²) in [7, 11) is -1.69. The van der Waals surface area contributed by atoms with Gasteiger partial charge in [-0.05, 0) is 13.5 Å². The second kappa shape index (κ2) is 8.43. The Labute approximate surface area is 103 Å². The Balaban J connectivity index is 3.62. The van der Waals surface area contributed by atoms with Crippen LogP contribution in [0.1, 0.15) is 26.2 Å². The second-order valence-corrected chi connectivity index (χ2v) is 5.73. The monoisotopic (exact) mass is 266 g/mol. The van der Waals surface area contributed by atoms with Gasteiger partial charge >= 0.3 is 5.97 Å².